The number of carbonyl (C=O) groups excluding carboxylic acids is 1. The van der Waals surface area contributed by atoms with Gasteiger partial charge in [0.1, 0.15) is 6.10 Å². The average Bonchev–Trinajstić information content (AvgIpc) is 2.49. The molecule has 1 aliphatic carbocycles. The number of hydrogen-bond acceptors (Lipinski definition) is 5. The first-order chi connectivity index (χ1) is 10.5. The van der Waals surface area contributed by atoms with Gasteiger partial charge in [0.2, 0.25) is 0 Å². The third kappa shape index (κ3) is 3.91. The monoisotopic (exact) mass is 307 g/mol. The largest absolute Gasteiger partial charge is 0.493 e. The van der Waals surface area contributed by atoms with Crippen molar-refractivity contribution >= 4 is 5.97 Å². The van der Waals surface area contributed by atoms with Crippen molar-refractivity contribution in [1.82, 2.24) is 0 Å². The van der Waals surface area contributed by atoms with E-state index >= 15 is 0 Å². The topological polar surface area (TPSA) is 70.8 Å². The maximum Gasteiger partial charge on any atom is 0.302 e. The van der Waals surface area contributed by atoms with Gasteiger partial charge in [-0.25, -0.2) is 0 Å². The van der Waals surface area contributed by atoms with Crippen LogP contribution in [-0.2, 0) is 9.53 Å². The lowest BCUT2D eigenvalue weighted by atomic mass is 9.79. The first-order valence-electron chi connectivity index (χ1n) is 7.78. The number of nitrogens with two attached hydrogens (primary N) is 1. The Balaban J connectivity index is 2.20. The van der Waals surface area contributed by atoms with E-state index in [9.17, 15) is 4.79 Å². The van der Waals surface area contributed by atoms with Crippen LogP contribution in [0.25, 0.3) is 0 Å². The Labute approximate surface area is 131 Å². The SMILES string of the molecule is CCOc1cc([C@H]2CC(OC(C)=O)CC[C@H]2N)ccc1OC. The van der Waals surface area contributed by atoms with Crippen LogP contribution in [0.4, 0.5) is 0 Å². The zero-order valence-electron chi connectivity index (χ0n) is 13.5. The summed E-state index contributed by atoms with van der Waals surface area (Å²) in [6.45, 7) is 3.96. The molecule has 0 bridgehead atoms. The number of hydrogen-bond donors (Lipinski definition) is 1. The van der Waals surface area contributed by atoms with Crippen LogP contribution < -0.4 is 15.2 Å². The van der Waals surface area contributed by atoms with Gasteiger partial charge in [-0.05, 0) is 43.9 Å². The molecule has 0 heterocycles. The van der Waals surface area contributed by atoms with E-state index in [-0.39, 0.29) is 24.0 Å². The molecule has 122 valence electrons. The Morgan fingerprint density at radius 1 is 1.32 bits per heavy atom. The molecule has 3 atom stereocenters. The maximum atomic E-state index is 11.2. The minimum absolute atomic E-state index is 0.0556. The van der Waals surface area contributed by atoms with Crippen LogP contribution in [0.1, 0.15) is 44.6 Å². The van der Waals surface area contributed by atoms with Gasteiger partial charge >= 0.3 is 5.97 Å². The van der Waals surface area contributed by atoms with Crippen LogP contribution >= 0.6 is 0 Å². The summed E-state index contributed by atoms with van der Waals surface area (Å²) < 4.78 is 16.3. The second kappa shape index (κ2) is 7.49. The molecule has 2 rings (SSSR count). The molecule has 1 fully saturated rings. The van der Waals surface area contributed by atoms with E-state index in [1.54, 1.807) is 7.11 Å². The lowest BCUT2D eigenvalue weighted by molar-refractivity contribution is -0.148. The molecule has 0 saturated heterocycles. The fourth-order valence-corrected chi connectivity index (χ4v) is 3.07. The number of ether oxygens (including phenoxy) is 3. The van der Waals surface area contributed by atoms with Gasteiger partial charge in [-0.1, -0.05) is 6.07 Å². The Bertz CT molecular complexity index is 517. The second-order valence-electron chi connectivity index (χ2n) is 5.66. The quantitative estimate of drug-likeness (QED) is 0.847. The van der Waals surface area contributed by atoms with Crippen molar-refractivity contribution in [3.05, 3.63) is 23.8 Å². The molecule has 5 nitrogen and oxygen atoms in total. The minimum Gasteiger partial charge on any atom is -0.493 e. The molecule has 1 aliphatic rings. The van der Waals surface area contributed by atoms with E-state index in [4.69, 9.17) is 19.9 Å². The van der Waals surface area contributed by atoms with Crippen molar-refractivity contribution in [1.29, 1.82) is 0 Å². The summed E-state index contributed by atoms with van der Waals surface area (Å²) in [5.74, 6) is 1.36. The summed E-state index contributed by atoms with van der Waals surface area (Å²) in [4.78, 5) is 11.2. The van der Waals surface area contributed by atoms with Crippen LogP contribution in [0.3, 0.4) is 0 Å². The molecule has 0 radical (unpaired) electrons. The van der Waals surface area contributed by atoms with Gasteiger partial charge in [-0.3, -0.25) is 4.79 Å². The predicted molar refractivity (Wildman–Crippen MR) is 84.3 cm³/mol. The van der Waals surface area contributed by atoms with Crippen LogP contribution in [-0.4, -0.2) is 31.8 Å². The molecule has 0 amide bonds. The van der Waals surface area contributed by atoms with Gasteiger partial charge in [0.25, 0.3) is 0 Å². The highest BCUT2D eigenvalue weighted by molar-refractivity contribution is 5.66. The first-order valence-corrected chi connectivity index (χ1v) is 7.78. The number of esters is 1. The second-order valence-corrected chi connectivity index (χ2v) is 5.66. The highest BCUT2D eigenvalue weighted by atomic mass is 16.5. The fourth-order valence-electron chi connectivity index (χ4n) is 3.07. The molecular formula is C17H25NO4. The van der Waals surface area contributed by atoms with E-state index in [0.717, 1.165) is 30.6 Å². The molecule has 0 aromatic heterocycles. The summed E-state index contributed by atoms with van der Waals surface area (Å²) >= 11 is 0. The van der Waals surface area contributed by atoms with E-state index in [1.807, 2.05) is 25.1 Å². The summed E-state index contributed by atoms with van der Waals surface area (Å²) in [7, 11) is 1.63. The van der Waals surface area contributed by atoms with Gasteiger partial charge in [-0.2, -0.15) is 0 Å². The van der Waals surface area contributed by atoms with Crippen molar-refractivity contribution < 1.29 is 19.0 Å². The lowest BCUT2D eigenvalue weighted by Crippen LogP contribution is -2.38. The predicted octanol–water partition coefficient (Wildman–Crippen LogP) is 2.62. The summed E-state index contributed by atoms with van der Waals surface area (Å²) in [6.07, 6.45) is 2.36. The molecule has 0 aliphatic heterocycles. The molecule has 0 spiro atoms. The van der Waals surface area contributed by atoms with Crippen molar-refractivity contribution in [2.24, 2.45) is 5.73 Å². The van der Waals surface area contributed by atoms with Crippen molar-refractivity contribution in [2.45, 2.75) is 51.2 Å². The van der Waals surface area contributed by atoms with E-state index in [2.05, 4.69) is 0 Å². The minimum atomic E-state index is -0.232. The van der Waals surface area contributed by atoms with Crippen LogP contribution in [0, 0.1) is 0 Å². The Morgan fingerprint density at radius 2 is 2.09 bits per heavy atom. The molecule has 5 heteroatoms. The Hall–Kier alpha value is -1.75. The standard InChI is InChI=1S/C17H25NO4/c1-4-21-17-9-12(5-8-16(17)20-3)14-10-13(22-11(2)19)6-7-15(14)18/h5,8-9,13-15H,4,6-7,10,18H2,1-3H3/t13?,14-,15-/m1/s1. The highest BCUT2D eigenvalue weighted by Crippen LogP contribution is 2.37. The van der Waals surface area contributed by atoms with Crippen LogP contribution in [0.15, 0.2) is 18.2 Å². The van der Waals surface area contributed by atoms with Crippen LogP contribution in [0.5, 0.6) is 11.5 Å². The Morgan fingerprint density at radius 3 is 2.73 bits per heavy atom. The Kier molecular flexibility index (Phi) is 5.66. The molecule has 1 saturated carbocycles. The normalized spacial score (nSPS) is 24.6. The van der Waals surface area contributed by atoms with Crippen LogP contribution in [0.2, 0.25) is 0 Å². The van der Waals surface area contributed by atoms with Crippen molar-refractivity contribution in [3.63, 3.8) is 0 Å². The molecule has 22 heavy (non-hydrogen) atoms. The highest BCUT2D eigenvalue weighted by Gasteiger charge is 2.31. The number of benzene rings is 1. The van der Waals surface area contributed by atoms with E-state index in [0.29, 0.717) is 12.4 Å². The van der Waals surface area contributed by atoms with Gasteiger partial charge in [0, 0.05) is 18.9 Å². The van der Waals surface area contributed by atoms with E-state index in [1.165, 1.54) is 6.92 Å². The van der Waals surface area contributed by atoms with Gasteiger partial charge in [0.15, 0.2) is 11.5 Å². The van der Waals surface area contributed by atoms with Gasteiger partial charge in [-0.15, -0.1) is 0 Å². The summed E-state index contributed by atoms with van der Waals surface area (Å²) in [5.41, 5.74) is 7.39. The third-order valence-corrected chi connectivity index (χ3v) is 4.10. The molecule has 2 N–H and O–H groups in total. The lowest BCUT2D eigenvalue weighted by Gasteiger charge is -2.34. The number of methoxy groups -OCH3 is 1. The molecule has 1 aromatic rings. The number of carbonyl (C=O) groups is 1. The van der Waals surface area contributed by atoms with Crippen molar-refractivity contribution in [3.8, 4) is 11.5 Å². The van der Waals surface area contributed by atoms with Gasteiger partial charge in [0.05, 0.1) is 13.7 Å². The zero-order valence-corrected chi connectivity index (χ0v) is 13.5. The smallest absolute Gasteiger partial charge is 0.302 e. The molecule has 1 aromatic carbocycles. The molecule has 1 unspecified atom stereocenters. The van der Waals surface area contributed by atoms with E-state index < -0.39 is 0 Å². The summed E-state index contributed by atoms with van der Waals surface area (Å²) in [5, 5.41) is 0. The number of rotatable bonds is 5. The maximum absolute atomic E-state index is 11.2. The third-order valence-electron chi connectivity index (χ3n) is 4.10. The van der Waals surface area contributed by atoms with Gasteiger partial charge < -0.3 is 19.9 Å². The first kappa shape index (κ1) is 16.6. The van der Waals surface area contributed by atoms with Crippen molar-refractivity contribution in [2.75, 3.05) is 13.7 Å². The summed E-state index contributed by atoms with van der Waals surface area (Å²) in [6, 6.07) is 5.97. The zero-order chi connectivity index (χ0) is 16.1. The fraction of sp³-hybridized carbons (Fsp3) is 0.588. The average molecular weight is 307 g/mol. The molecular weight excluding hydrogens is 282 g/mol.